The molecule has 0 atom stereocenters. The number of ether oxygens (including phenoxy) is 3. The minimum absolute atomic E-state index is 0.0356. The Morgan fingerprint density at radius 1 is 1.30 bits per heavy atom. The quantitative estimate of drug-likeness (QED) is 0.861. The number of carbonyl (C=O) groups is 1. The van der Waals surface area contributed by atoms with Gasteiger partial charge in [-0.3, -0.25) is 0 Å². The summed E-state index contributed by atoms with van der Waals surface area (Å²) in [6, 6.07) is 4.55. The molecule has 0 bridgehead atoms. The molecular weight excluding hydrogens is 308 g/mol. The molecule has 0 saturated heterocycles. The Morgan fingerprint density at radius 2 is 2.00 bits per heavy atom. The van der Waals surface area contributed by atoms with Crippen molar-refractivity contribution in [3.8, 4) is 11.5 Å². The fourth-order valence-corrected chi connectivity index (χ4v) is 1.63. The first-order valence-corrected chi connectivity index (χ1v) is 6.97. The Hall–Kier alpha value is -2.31. The Morgan fingerprint density at radius 3 is 2.57 bits per heavy atom. The summed E-state index contributed by atoms with van der Waals surface area (Å²) in [5.74, 6) is 0.166. The highest BCUT2D eigenvalue weighted by atomic mass is 19.3. The van der Waals surface area contributed by atoms with Gasteiger partial charge in [-0.25, -0.2) is 4.79 Å². The molecule has 0 unspecified atom stereocenters. The molecule has 0 aliphatic heterocycles. The van der Waals surface area contributed by atoms with Crippen molar-refractivity contribution in [3.05, 3.63) is 29.8 Å². The molecule has 0 fully saturated rings. The monoisotopic (exact) mass is 329 g/mol. The molecule has 0 aliphatic rings. The molecule has 0 spiro atoms. The van der Waals surface area contributed by atoms with E-state index in [0.717, 1.165) is 5.56 Å². The predicted octanol–water partition coefficient (Wildman–Crippen LogP) is 3.83. The van der Waals surface area contributed by atoms with Gasteiger partial charge < -0.3 is 19.5 Å². The van der Waals surface area contributed by atoms with Crippen LogP contribution < -0.4 is 14.8 Å². The van der Waals surface area contributed by atoms with Crippen molar-refractivity contribution < 1.29 is 27.8 Å². The maximum Gasteiger partial charge on any atom is 0.407 e. The highest BCUT2D eigenvalue weighted by Crippen LogP contribution is 2.29. The van der Waals surface area contributed by atoms with Gasteiger partial charge in [0.2, 0.25) is 0 Å². The van der Waals surface area contributed by atoms with Crippen molar-refractivity contribution in [1.29, 1.82) is 0 Å². The van der Waals surface area contributed by atoms with Crippen molar-refractivity contribution >= 4 is 12.2 Å². The van der Waals surface area contributed by atoms with Crippen LogP contribution in [0.3, 0.4) is 0 Å². The third kappa shape index (κ3) is 7.49. The summed E-state index contributed by atoms with van der Waals surface area (Å²) in [5, 5.41) is 2.57. The molecule has 1 aromatic rings. The Balaban J connectivity index is 2.58. The van der Waals surface area contributed by atoms with E-state index in [1.54, 1.807) is 45.1 Å². The lowest BCUT2D eigenvalue weighted by atomic mass is 10.2. The van der Waals surface area contributed by atoms with E-state index in [2.05, 4.69) is 10.1 Å². The van der Waals surface area contributed by atoms with Crippen molar-refractivity contribution in [2.75, 3.05) is 13.7 Å². The molecule has 128 valence electrons. The van der Waals surface area contributed by atoms with Crippen LogP contribution in [0.25, 0.3) is 6.08 Å². The van der Waals surface area contributed by atoms with Crippen LogP contribution in [0, 0.1) is 0 Å². The molecule has 0 aliphatic carbocycles. The minimum Gasteiger partial charge on any atom is -0.493 e. The summed E-state index contributed by atoms with van der Waals surface area (Å²) in [6.45, 7) is 2.68. The maximum absolute atomic E-state index is 12.2. The van der Waals surface area contributed by atoms with E-state index in [4.69, 9.17) is 9.47 Å². The number of halogens is 2. The van der Waals surface area contributed by atoms with E-state index in [9.17, 15) is 13.6 Å². The van der Waals surface area contributed by atoms with Gasteiger partial charge in [-0.05, 0) is 38.5 Å². The first kappa shape index (κ1) is 18.7. The largest absolute Gasteiger partial charge is 0.493 e. The topological polar surface area (TPSA) is 56.8 Å². The molecule has 1 amide bonds. The average molecular weight is 329 g/mol. The lowest BCUT2D eigenvalue weighted by Crippen LogP contribution is -2.32. The summed E-state index contributed by atoms with van der Waals surface area (Å²) in [6.07, 6.45) is 2.90. The predicted molar refractivity (Wildman–Crippen MR) is 82.9 cm³/mol. The number of hydrogen-bond acceptors (Lipinski definition) is 4. The number of amides is 1. The number of hydrogen-bond donors (Lipinski definition) is 1. The van der Waals surface area contributed by atoms with E-state index >= 15 is 0 Å². The lowest BCUT2D eigenvalue weighted by Gasteiger charge is -2.19. The van der Waals surface area contributed by atoms with E-state index in [1.165, 1.54) is 13.2 Å². The second-order valence-electron chi connectivity index (χ2n) is 5.57. The lowest BCUT2D eigenvalue weighted by molar-refractivity contribution is -0.0512. The van der Waals surface area contributed by atoms with Gasteiger partial charge in [-0.2, -0.15) is 8.78 Å². The Bertz CT molecular complexity index is 554. The SMILES string of the molecule is COc1cc(C=CCNC(=O)OC(C)(C)C)ccc1OC(F)F. The minimum atomic E-state index is -2.91. The normalized spacial score (nSPS) is 11.6. The van der Waals surface area contributed by atoms with Crippen molar-refractivity contribution in [2.24, 2.45) is 0 Å². The highest BCUT2D eigenvalue weighted by Gasteiger charge is 2.15. The van der Waals surface area contributed by atoms with Crippen LogP contribution in [0.1, 0.15) is 26.3 Å². The van der Waals surface area contributed by atoms with Crippen LogP contribution >= 0.6 is 0 Å². The summed E-state index contributed by atoms with van der Waals surface area (Å²) < 4.78 is 38.9. The number of alkyl carbamates (subject to hydrolysis) is 1. The average Bonchev–Trinajstić information content (AvgIpc) is 2.42. The first-order chi connectivity index (χ1) is 10.7. The fourth-order valence-electron chi connectivity index (χ4n) is 1.63. The van der Waals surface area contributed by atoms with Gasteiger partial charge in [0.15, 0.2) is 11.5 Å². The van der Waals surface area contributed by atoms with Gasteiger partial charge in [-0.1, -0.05) is 18.2 Å². The first-order valence-electron chi connectivity index (χ1n) is 6.97. The van der Waals surface area contributed by atoms with Gasteiger partial charge in [0.05, 0.1) is 7.11 Å². The zero-order chi connectivity index (χ0) is 17.5. The molecule has 1 rings (SSSR count). The number of benzene rings is 1. The number of rotatable bonds is 6. The number of nitrogens with one attached hydrogen (secondary N) is 1. The Labute approximate surface area is 134 Å². The van der Waals surface area contributed by atoms with Gasteiger partial charge >= 0.3 is 12.7 Å². The number of alkyl halides is 2. The Kier molecular flexibility index (Phi) is 6.81. The molecule has 23 heavy (non-hydrogen) atoms. The highest BCUT2D eigenvalue weighted by molar-refractivity contribution is 5.68. The summed E-state index contributed by atoms with van der Waals surface area (Å²) in [7, 11) is 1.37. The second kappa shape index (κ2) is 8.36. The van der Waals surface area contributed by atoms with E-state index in [-0.39, 0.29) is 18.0 Å². The van der Waals surface area contributed by atoms with E-state index in [1.807, 2.05) is 0 Å². The van der Waals surface area contributed by atoms with Crippen molar-refractivity contribution in [1.82, 2.24) is 5.32 Å². The van der Waals surface area contributed by atoms with Gasteiger partial charge in [0, 0.05) is 6.54 Å². The maximum atomic E-state index is 12.2. The fraction of sp³-hybridized carbons (Fsp3) is 0.438. The van der Waals surface area contributed by atoms with E-state index < -0.39 is 18.3 Å². The summed E-state index contributed by atoms with van der Waals surface area (Å²) in [4.78, 5) is 11.4. The second-order valence-corrected chi connectivity index (χ2v) is 5.57. The van der Waals surface area contributed by atoms with Crippen LogP contribution in [0.4, 0.5) is 13.6 Å². The molecule has 1 N–H and O–H groups in total. The van der Waals surface area contributed by atoms with E-state index in [0.29, 0.717) is 0 Å². The zero-order valence-corrected chi connectivity index (χ0v) is 13.6. The third-order valence-electron chi connectivity index (χ3n) is 2.48. The van der Waals surface area contributed by atoms with Crippen molar-refractivity contribution in [2.45, 2.75) is 33.0 Å². The summed E-state index contributed by atoms with van der Waals surface area (Å²) in [5.41, 5.74) is 0.163. The molecule has 0 heterocycles. The molecule has 0 saturated carbocycles. The molecule has 1 aromatic carbocycles. The standard InChI is InChI=1S/C16H21F2NO4/c1-16(2,3)23-15(20)19-9-5-6-11-7-8-12(22-14(17)18)13(10-11)21-4/h5-8,10,14H,9H2,1-4H3,(H,19,20). The molecule has 0 aromatic heterocycles. The van der Waals surface area contributed by atoms with Crippen molar-refractivity contribution in [3.63, 3.8) is 0 Å². The third-order valence-corrected chi connectivity index (χ3v) is 2.48. The molecule has 5 nitrogen and oxygen atoms in total. The smallest absolute Gasteiger partial charge is 0.407 e. The van der Waals surface area contributed by atoms with Gasteiger partial charge in [-0.15, -0.1) is 0 Å². The number of carbonyl (C=O) groups excluding carboxylic acids is 1. The molecular formula is C16H21F2NO4. The van der Waals surface area contributed by atoms with Gasteiger partial charge in [0.25, 0.3) is 0 Å². The van der Waals surface area contributed by atoms with Crippen LogP contribution in [-0.2, 0) is 4.74 Å². The van der Waals surface area contributed by atoms with Gasteiger partial charge in [0.1, 0.15) is 5.60 Å². The zero-order valence-electron chi connectivity index (χ0n) is 13.6. The van der Waals surface area contributed by atoms with Crippen LogP contribution in [0.15, 0.2) is 24.3 Å². The van der Waals surface area contributed by atoms with Crippen LogP contribution in [-0.4, -0.2) is 32.0 Å². The van der Waals surface area contributed by atoms with Crippen LogP contribution in [0.2, 0.25) is 0 Å². The molecule has 0 radical (unpaired) electrons. The molecule has 7 heteroatoms. The number of methoxy groups -OCH3 is 1. The van der Waals surface area contributed by atoms with Crippen LogP contribution in [0.5, 0.6) is 11.5 Å². The summed E-state index contributed by atoms with van der Waals surface area (Å²) >= 11 is 0.